The van der Waals surface area contributed by atoms with E-state index in [-0.39, 0.29) is 11.9 Å². The first-order valence-corrected chi connectivity index (χ1v) is 8.72. The Kier molecular flexibility index (Phi) is 3.68. The third-order valence-corrected chi connectivity index (χ3v) is 5.54. The van der Waals surface area contributed by atoms with E-state index in [9.17, 15) is 4.79 Å². The highest BCUT2D eigenvalue weighted by Crippen LogP contribution is 2.40. The molecule has 2 heterocycles. The van der Waals surface area contributed by atoms with Gasteiger partial charge < -0.3 is 9.84 Å². The van der Waals surface area contributed by atoms with Gasteiger partial charge in [-0.05, 0) is 31.6 Å². The molecule has 1 aromatic heterocycles. The van der Waals surface area contributed by atoms with Gasteiger partial charge in [-0.3, -0.25) is 9.69 Å². The molecule has 1 aromatic rings. The van der Waals surface area contributed by atoms with Crippen LogP contribution in [-0.2, 0) is 0 Å². The van der Waals surface area contributed by atoms with Gasteiger partial charge in [0.05, 0.1) is 0 Å². The second-order valence-electron chi connectivity index (χ2n) is 7.34. The maximum Gasteiger partial charge on any atom is 0.273 e. The van der Waals surface area contributed by atoms with Crippen LogP contribution in [0.4, 0.5) is 0 Å². The molecule has 1 saturated heterocycles. The fraction of sp³-hybridized carbons (Fsp3) is 0.765. The second-order valence-corrected chi connectivity index (χ2v) is 7.34. The Morgan fingerprint density at radius 1 is 1.27 bits per heavy atom. The van der Waals surface area contributed by atoms with E-state index in [2.05, 4.69) is 22.3 Å². The van der Waals surface area contributed by atoms with Crippen LogP contribution in [0.1, 0.15) is 67.6 Å². The van der Waals surface area contributed by atoms with Crippen LogP contribution in [0.3, 0.4) is 0 Å². The van der Waals surface area contributed by atoms with Crippen LogP contribution >= 0.6 is 0 Å². The maximum absolute atomic E-state index is 12.4. The van der Waals surface area contributed by atoms with Gasteiger partial charge in [-0.2, -0.15) is 0 Å². The van der Waals surface area contributed by atoms with Crippen molar-refractivity contribution < 1.29 is 9.32 Å². The Hall–Kier alpha value is -1.36. The first-order chi connectivity index (χ1) is 10.7. The molecule has 0 spiro atoms. The van der Waals surface area contributed by atoms with Crippen molar-refractivity contribution in [2.24, 2.45) is 5.92 Å². The number of nitrogens with zero attached hydrogens (tertiary/aromatic N) is 2. The number of aromatic nitrogens is 1. The molecular weight excluding hydrogens is 278 g/mol. The van der Waals surface area contributed by atoms with Crippen LogP contribution in [0, 0.1) is 5.92 Å². The molecule has 2 aliphatic carbocycles. The van der Waals surface area contributed by atoms with Crippen LogP contribution in [0.5, 0.6) is 0 Å². The first kappa shape index (κ1) is 14.2. The number of hydrogen-bond donors (Lipinski definition) is 1. The highest BCUT2D eigenvalue weighted by molar-refractivity contribution is 5.92. The van der Waals surface area contributed by atoms with Gasteiger partial charge in [-0.1, -0.05) is 24.9 Å². The van der Waals surface area contributed by atoms with E-state index in [1.165, 1.54) is 25.7 Å². The maximum atomic E-state index is 12.4. The van der Waals surface area contributed by atoms with Crippen molar-refractivity contribution in [3.05, 3.63) is 17.5 Å². The largest absolute Gasteiger partial charge is 0.360 e. The fourth-order valence-electron chi connectivity index (χ4n) is 3.96. The average molecular weight is 303 g/mol. The van der Waals surface area contributed by atoms with E-state index < -0.39 is 0 Å². The molecular formula is C17H25N3O2. The molecule has 5 heteroatoms. The SMILES string of the molecule is C[C@H]1CN(C2CCCC2)C[C@H]1NC(=O)c1cc(C2CC2)on1. The lowest BCUT2D eigenvalue weighted by Gasteiger charge is -2.23. The minimum Gasteiger partial charge on any atom is -0.360 e. The number of carbonyl (C=O) groups is 1. The van der Waals surface area contributed by atoms with Crippen molar-refractivity contribution in [1.82, 2.24) is 15.4 Å². The van der Waals surface area contributed by atoms with Crippen LogP contribution in [0.2, 0.25) is 0 Å². The summed E-state index contributed by atoms with van der Waals surface area (Å²) in [6.45, 7) is 4.31. The summed E-state index contributed by atoms with van der Waals surface area (Å²) >= 11 is 0. The Bertz CT molecular complexity index is 546. The van der Waals surface area contributed by atoms with Gasteiger partial charge in [-0.15, -0.1) is 0 Å². The van der Waals surface area contributed by atoms with Crippen molar-refractivity contribution in [3.8, 4) is 0 Å². The summed E-state index contributed by atoms with van der Waals surface area (Å²) < 4.78 is 5.28. The molecule has 1 amide bonds. The highest BCUT2D eigenvalue weighted by atomic mass is 16.5. The summed E-state index contributed by atoms with van der Waals surface area (Å²) in [5.74, 6) is 1.79. The van der Waals surface area contributed by atoms with Gasteiger partial charge in [-0.25, -0.2) is 0 Å². The molecule has 4 rings (SSSR count). The molecule has 0 radical (unpaired) electrons. The van der Waals surface area contributed by atoms with Crippen LogP contribution in [-0.4, -0.2) is 41.1 Å². The molecule has 2 atom stereocenters. The number of hydrogen-bond acceptors (Lipinski definition) is 4. The lowest BCUT2D eigenvalue weighted by molar-refractivity contribution is 0.0921. The predicted octanol–water partition coefficient (Wildman–Crippen LogP) is 2.54. The van der Waals surface area contributed by atoms with Crippen LogP contribution in [0.25, 0.3) is 0 Å². The molecule has 0 bridgehead atoms. The van der Waals surface area contributed by atoms with E-state index in [4.69, 9.17) is 4.52 Å². The Morgan fingerprint density at radius 3 is 2.77 bits per heavy atom. The average Bonchev–Trinajstić information content (AvgIpc) is 2.96. The van der Waals surface area contributed by atoms with E-state index in [0.717, 1.165) is 37.7 Å². The van der Waals surface area contributed by atoms with Crippen molar-refractivity contribution in [1.29, 1.82) is 0 Å². The Labute approximate surface area is 131 Å². The van der Waals surface area contributed by atoms with E-state index in [1.807, 2.05) is 6.07 Å². The molecule has 3 aliphatic rings. The van der Waals surface area contributed by atoms with Crippen LogP contribution in [0.15, 0.2) is 10.6 Å². The summed E-state index contributed by atoms with van der Waals surface area (Å²) in [6, 6.07) is 2.79. The van der Waals surface area contributed by atoms with Crippen molar-refractivity contribution in [3.63, 3.8) is 0 Å². The Balaban J connectivity index is 1.36. The van der Waals surface area contributed by atoms with Crippen molar-refractivity contribution >= 4 is 5.91 Å². The van der Waals surface area contributed by atoms with Gasteiger partial charge in [0, 0.05) is 37.2 Å². The molecule has 3 fully saturated rings. The predicted molar refractivity (Wildman–Crippen MR) is 82.7 cm³/mol. The van der Waals surface area contributed by atoms with E-state index in [0.29, 0.717) is 17.5 Å². The zero-order valence-electron chi connectivity index (χ0n) is 13.3. The zero-order valence-corrected chi connectivity index (χ0v) is 13.3. The first-order valence-electron chi connectivity index (χ1n) is 8.72. The normalized spacial score (nSPS) is 30.0. The molecule has 1 N–H and O–H groups in total. The van der Waals surface area contributed by atoms with Crippen LogP contribution < -0.4 is 5.32 Å². The summed E-state index contributed by atoms with van der Waals surface area (Å²) in [4.78, 5) is 14.9. The molecule has 5 nitrogen and oxygen atoms in total. The summed E-state index contributed by atoms with van der Waals surface area (Å²) in [7, 11) is 0. The fourth-order valence-corrected chi connectivity index (χ4v) is 3.96. The zero-order chi connectivity index (χ0) is 15.1. The molecule has 22 heavy (non-hydrogen) atoms. The van der Waals surface area contributed by atoms with Gasteiger partial charge in [0.1, 0.15) is 5.76 Å². The third-order valence-electron chi connectivity index (χ3n) is 5.54. The summed E-state index contributed by atoms with van der Waals surface area (Å²) in [6.07, 6.45) is 7.67. The molecule has 1 aliphatic heterocycles. The van der Waals surface area contributed by atoms with Gasteiger partial charge in [0.15, 0.2) is 5.69 Å². The number of likely N-dealkylation sites (tertiary alicyclic amines) is 1. The standard InChI is InChI=1S/C17H25N3O2/c1-11-9-20(13-4-2-3-5-13)10-15(11)18-17(21)14-8-16(22-19-14)12-6-7-12/h8,11-13,15H,2-7,9-10H2,1H3,(H,18,21)/t11-,15+/m0/s1. The number of carbonyl (C=O) groups excluding carboxylic acids is 1. The second kappa shape index (κ2) is 5.69. The number of amides is 1. The molecule has 0 unspecified atom stereocenters. The van der Waals surface area contributed by atoms with Crippen molar-refractivity contribution in [2.75, 3.05) is 13.1 Å². The minimum absolute atomic E-state index is 0.0826. The monoisotopic (exact) mass is 303 g/mol. The summed E-state index contributed by atoms with van der Waals surface area (Å²) in [5.41, 5.74) is 0.438. The molecule has 2 saturated carbocycles. The number of rotatable bonds is 4. The Morgan fingerprint density at radius 2 is 2.05 bits per heavy atom. The summed E-state index contributed by atoms with van der Waals surface area (Å²) in [5, 5.41) is 7.11. The van der Waals surface area contributed by atoms with Gasteiger partial charge in [0.25, 0.3) is 5.91 Å². The van der Waals surface area contributed by atoms with Crippen molar-refractivity contribution in [2.45, 2.75) is 63.5 Å². The lowest BCUT2D eigenvalue weighted by atomic mass is 10.1. The smallest absolute Gasteiger partial charge is 0.273 e. The van der Waals surface area contributed by atoms with Gasteiger partial charge in [0.2, 0.25) is 0 Å². The van der Waals surface area contributed by atoms with E-state index >= 15 is 0 Å². The molecule has 0 aromatic carbocycles. The van der Waals surface area contributed by atoms with E-state index in [1.54, 1.807) is 0 Å². The highest BCUT2D eigenvalue weighted by Gasteiger charge is 2.36. The lowest BCUT2D eigenvalue weighted by Crippen LogP contribution is -2.41. The molecule has 120 valence electrons. The quantitative estimate of drug-likeness (QED) is 0.928. The topological polar surface area (TPSA) is 58.4 Å². The minimum atomic E-state index is -0.0826. The van der Waals surface area contributed by atoms with Gasteiger partial charge >= 0.3 is 0 Å². The number of nitrogens with one attached hydrogen (secondary N) is 1. The third kappa shape index (κ3) is 2.78.